The van der Waals surface area contributed by atoms with E-state index < -0.39 is 17.8 Å². The number of hydrogen-bond donors (Lipinski definition) is 2. The normalized spacial score (nSPS) is 18.6. The Morgan fingerprint density at radius 1 is 1.39 bits per heavy atom. The Hall–Kier alpha value is -1.95. The third kappa shape index (κ3) is 2.83. The second kappa shape index (κ2) is 5.92. The predicted molar refractivity (Wildman–Crippen MR) is 83.6 cm³/mol. The number of piperidine rings is 1. The maximum atomic E-state index is 13.2. The van der Waals surface area contributed by atoms with Crippen LogP contribution in [0.1, 0.15) is 24.1 Å². The van der Waals surface area contributed by atoms with Gasteiger partial charge in [-0.15, -0.1) is 0 Å². The molecule has 1 aliphatic rings. The van der Waals surface area contributed by atoms with Gasteiger partial charge in [0.15, 0.2) is 0 Å². The van der Waals surface area contributed by atoms with E-state index in [1.807, 2.05) is 30.0 Å². The molecule has 4 nitrogen and oxygen atoms in total. The molecule has 0 spiro atoms. The fourth-order valence-electron chi connectivity index (χ4n) is 3.33. The Kier molecular flexibility index (Phi) is 4.10. The quantitative estimate of drug-likeness (QED) is 0.907. The van der Waals surface area contributed by atoms with E-state index in [0.717, 1.165) is 16.6 Å². The lowest BCUT2D eigenvalue weighted by Gasteiger charge is -2.38. The van der Waals surface area contributed by atoms with E-state index in [1.54, 1.807) is 0 Å². The van der Waals surface area contributed by atoms with Gasteiger partial charge >= 0.3 is 5.97 Å². The number of aliphatic carboxylic acids is 1. The number of likely N-dealkylation sites (tertiary alicyclic amines) is 1. The van der Waals surface area contributed by atoms with Gasteiger partial charge in [-0.1, -0.05) is 12.1 Å². The molecule has 3 rings (SSSR count). The molecule has 1 fully saturated rings. The van der Waals surface area contributed by atoms with Crippen LogP contribution in [0.4, 0.5) is 8.78 Å². The molecular weight excluding hydrogens is 302 g/mol. The van der Waals surface area contributed by atoms with E-state index in [2.05, 4.69) is 11.1 Å². The van der Waals surface area contributed by atoms with Crippen molar-refractivity contribution in [3.8, 4) is 0 Å². The molecule has 0 amide bonds. The zero-order chi connectivity index (χ0) is 16.6. The number of hydrogen-bond acceptors (Lipinski definition) is 2. The van der Waals surface area contributed by atoms with Crippen LogP contribution < -0.4 is 0 Å². The zero-order valence-electron chi connectivity index (χ0n) is 13.0. The average Bonchev–Trinajstić information content (AvgIpc) is 2.91. The van der Waals surface area contributed by atoms with Crippen molar-refractivity contribution in [2.45, 2.75) is 32.7 Å². The fourth-order valence-corrected chi connectivity index (χ4v) is 3.33. The molecule has 124 valence electrons. The van der Waals surface area contributed by atoms with Gasteiger partial charge in [0.05, 0.1) is 0 Å². The van der Waals surface area contributed by atoms with Crippen molar-refractivity contribution in [1.29, 1.82) is 0 Å². The Morgan fingerprint density at radius 3 is 2.65 bits per heavy atom. The summed E-state index contributed by atoms with van der Waals surface area (Å²) in [6.45, 7) is 3.40. The smallest absolute Gasteiger partial charge is 0.315 e. The Bertz CT molecular complexity index is 718. The number of carbonyl (C=O) groups is 1. The molecule has 1 aliphatic heterocycles. The highest BCUT2D eigenvalue weighted by Gasteiger charge is 2.49. The number of H-pyrrole nitrogens is 1. The van der Waals surface area contributed by atoms with Gasteiger partial charge in [-0.2, -0.15) is 0 Å². The molecule has 0 bridgehead atoms. The number of aromatic nitrogens is 1. The van der Waals surface area contributed by atoms with Crippen molar-refractivity contribution >= 4 is 16.9 Å². The SMILES string of the molecule is Cc1cccc2[nH]c(CN3CCC(C(=O)O)(C(F)F)CC3)cc12. The summed E-state index contributed by atoms with van der Waals surface area (Å²) in [6.07, 6.45) is -2.85. The third-order valence-electron chi connectivity index (χ3n) is 4.92. The molecule has 0 unspecified atom stereocenters. The number of rotatable bonds is 4. The summed E-state index contributed by atoms with van der Waals surface area (Å²) in [5.74, 6) is -1.38. The van der Waals surface area contributed by atoms with Gasteiger partial charge in [0.25, 0.3) is 6.43 Å². The molecular formula is C17H20F2N2O2. The molecule has 1 aromatic heterocycles. The van der Waals surface area contributed by atoms with Crippen LogP contribution in [0.25, 0.3) is 10.9 Å². The highest BCUT2D eigenvalue weighted by atomic mass is 19.3. The van der Waals surface area contributed by atoms with Gasteiger partial charge in [-0.25, -0.2) is 8.78 Å². The maximum Gasteiger partial charge on any atom is 0.315 e. The van der Waals surface area contributed by atoms with Crippen LogP contribution in [0.3, 0.4) is 0 Å². The molecule has 0 radical (unpaired) electrons. The van der Waals surface area contributed by atoms with Crippen molar-refractivity contribution in [1.82, 2.24) is 9.88 Å². The number of halogens is 2. The Morgan fingerprint density at radius 2 is 2.09 bits per heavy atom. The van der Waals surface area contributed by atoms with Crippen molar-refractivity contribution in [3.63, 3.8) is 0 Å². The molecule has 2 N–H and O–H groups in total. The molecule has 23 heavy (non-hydrogen) atoms. The van der Waals surface area contributed by atoms with Crippen LogP contribution in [0.15, 0.2) is 24.3 Å². The third-order valence-corrected chi connectivity index (χ3v) is 4.92. The van der Waals surface area contributed by atoms with Gasteiger partial charge in [0.1, 0.15) is 5.41 Å². The predicted octanol–water partition coefficient (Wildman–Crippen LogP) is 3.41. The zero-order valence-corrected chi connectivity index (χ0v) is 13.0. The van der Waals surface area contributed by atoms with E-state index in [4.69, 9.17) is 5.11 Å². The number of nitrogens with one attached hydrogen (secondary N) is 1. The standard InChI is InChI=1S/C17H20F2N2O2/c1-11-3-2-4-14-13(11)9-12(20-14)10-21-7-5-17(6-8-21,15(18)19)16(22)23/h2-4,9,15,20H,5-8,10H2,1H3,(H,22,23). The van der Waals surface area contributed by atoms with Crippen LogP contribution in [0.2, 0.25) is 0 Å². The number of fused-ring (bicyclic) bond motifs is 1. The second-order valence-corrected chi connectivity index (χ2v) is 6.37. The number of aromatic amines is 1. The van der Waals surface area contributed by atoms with E-state index in [9.17, 15) is 13.6 Å². The van der Waals surface area contributed by atoms with Gasteiger partial charge < -0.3 is 10.1 Å². The largest absolute Gasteiger partial charge is 0.481 e. The first kappa shape index (κ1) is 15.9. The summed E-state index contributed by atoms with van der Waals surface area (Å²) < 4.78 is 26.3. The Balaban J connectivity index is 1.70. The van der Waals surface area contributed by atoms with Crippen LogP contribution in [0, 0.1) is 12.3 Å². The van der Waals surface area contributed by atoms with Crippen LogP contribution in [-0.4, -0.2) is 40.5 Å². The lowest BCUT2D eigenvalue weighted by Crippen LogP contribution is -2.48. The number of nitrogens with zero attached hydrogens (tertiary/aromatic N) is 1. The molecule has 0 atom stereocenters. The number of aryl methyl sites for hydroxylation is 1. The minimum Gasteiger partial charge on any atom is -0.481 e. The van der Waals surface area contributed by atoms with Gasteiger partial charge in [0, 0.05) is 23.1 Å². The molecule has 6 heteroatoms. The van der Waals surface area contributed by atoms with Crippen LogP contribution in [-0.2, 0) is 11.3 Å². The first-order chi connectivity index (χ1) is 10.9. The number of benzene rings is 1. The van der Waals surface area contributed by atoms with E-state index >= 15 is 0 Å². The Labute approximate surface area is 133 Å². The first-order valence-electron chi connectivity index (χ1n) is 7.73. The highest BCUT2D eigenvalue weighted by Crippen LogP contribution is 2.38. The number of carboxylic acids is 1. The molecule has 2 heterocycles. The summed E-state index contributed by atoms with van der Waals surface area (Å²) in [4.78, 5) is 16.6. The van der Waals surface area contributed by atoms with E-state index in [1.165, 1.54) is 5.56 Å². The second-order valence-electron chi connectivity index (χ2n) is 6.37. The van der Waals surface area contributed by atoms with Gasteiger partial charge in [-0.3, -0.25) is 9.69 Å². The van der Waals surface area contributed by atoms with Crippen LogP contribution in [0.5, 0.6) is 0 Å². The molecule has 0 saturated carbocycles. The molecule has 0 aliphatic carbocycles. The molecule has 1 aromatic carbocycles. The van der Waals surface area contributed by atoms with Crippen molar-refractivity contribution in [2.75, 3.05) is 13.1 Å². The number of carboxylic acid groups (broad SMARTS) is 1. The van der Waals surface area contributed by atoms with Gasteiger partial charge in [0.2, 0.25) is 0 Å². The first-order valence-corrected chi connectivity index (χ1v) is 7.73. The summed E-state index contributed by atoms with van der Waals surface area (Å²) in [5, 5.41) is 10.3. The number of alkyl halides is 2. The summed E-state index contributed by atoms with van der Waals surface area (Å²) in [7, 11) is 0. The van der Waals surface area contributed by atoms with Crippen molar-refractivity contribution < 1.29 is 18.7 Å². The van der Waals surface area contributed by atoms with Gasteiger partial charge in [-0.05, 0) is 50.6 Å². The molecule has 1 saturated heterocycles. The average molecular weight is 322 g/mol. The van der Waals surface area contributed by atoms with Crippen LogP contribution >= 0.6 is 0 Å². The lowest BCUT2D eigenvalue weighted by atomic mass is 9.78. The van der Waals surface area contributed by atoms with E-state index in [-0.39, 0.29) is 12.8 Å². The highest BCUT2D eigenvalue weighted by molar-refractivity contribution is 5.83. The maximum absolute atomic E-state index is 13.2. The van der Waals surface area contributed by atoms with Crippen molar-refractivity contribution in [2.24, 2.45) is 5.41 Å². The monoisotopic (exact) mass is 322 g/mol. The van der Waals surface area contributed by atoms with Crippen molar-refractivity contribution in [3.05, 3.63) is 35.5 Å². The summed E-state index contributed by atoms with van der Waals surface area (Å²) in [6, 6.07) is 8.12. The topological polar surface area (TPSA) is 56.3 Å². The molecule has 2 aromatic rings. The van der Waals surface area contributed by atoms with E-state index in [0.29, 0.717) is 19.6 Å². The minimum absolute atomic E-state index is 0.0146. The lowest BCUT2D eigenvalue weighted by molar-refractivity contribution is -0.165. The fraction of sp³-hybridized carbons (Fsp3) is 0.471. The summed E-state index contributed by atoms with van der Waals surface area (Å²) >= 11 is 0. The summed E-state index contributed by atoms with van der Waals surface area (Å²) in [5.41, 5.74) is 1.39. The minimum atomic E-state index is -2.82.